The monoisotopic (exact) mass is 470 g/mol. The molecule has 3 aromatic rings. The predicted octanol–water partition coefficient (Wildman–Crippen LogP) is 4.31. The molecular weight excluding hydrogens is 444 g/mol. The average Bonchev–Trinajstić information content (AvgIpc) is 3.20. The quantitative estimate of drug-likeness (QED) is 0.580. The number of amides is 1. The number of hydrogen-bond acceptors (Lipinski definition) is 5. The highest BCUT2D eigenvalue weighted by atomic mass is 32.2. The van der Waals surface area contributed by atoms with Crippen molar-refractivity contribution in [3.63, 3.8) is 0 Å². The van der Waals surface area contributed by atoms with Gasteiger partial charge in [-0.15, -0.1) is 0 Å². The first kappa shape index (κ1) is 22.6. The lowest BCUT2D eigenvalue weighted by Crippen LogP contribution is -2.35. The second-order valence-electron chi connectivity index (χ2n) is 7.84. The minimum atomic E-state index is -3.60. The van der Waals surface area contributed by atoms with E-state index in [4.69, 9.17) is 0 Å². The maximum absolute atomic E-state index is 13.0. The van der Waals surface area contributed by atoms with E-state index in [2.05, 4.69) is 10.3 Å². The summed E-state index contributed by atoms with van der Waals surface area (Å²) in [5.74, 6) is -0.331. The summed E-state index contributed by atoms with van der Waals surface area (Å²) in [6, 6.07) is 12.2. The van der Waals surface area contributed by atoms with Crippen LogP contribution in [0.25, 0.3) is 0 Å². The fraction of sp³-hybridized carbons (Fsp3) is 0.304. The molecule has 1 aromatic heterocycles. The number of benzene rings is 2. The first-order chi connectivity index (χ1) is 15.3. The molecule has 1 saturated heterocycles. The first-order valence-corrected chi connectivity index (χ1v) is 12.8. The zero-order valence-electron chi connectivity index (χ0n) is 18.1. The molecule has 2 aromatic carbocycles. The Bertz CT molecular complexity index is 1210. The lowest BCUT2D eigenvalue weighted by Gasteiger charge is -2.26. The maximum atomic E-state index is 13.0. The van der Waals surface area contributed by atoms with Crippen molar-refractivity contribution in [1.29, 1.82) is 0 Å². The second-order valence-corrected chi connectivity index (χ2v) is 10.8. The van der Waals surface area contributed by atoms with E-state index in [0.29, 0.717) is 24.3 Å². The van der Waals surface area contributed by atoms with Crippen molar-refractivity contribution in [1.82, 2.24) is 13.9 Å². The van der Waals surface area contributed by atoms with E-state index in [1.54, 1.807) is 25.3 Å². The number of hydrogen-bond donors (Lipinski definition) is 1. The van der Waals surface area contributed by atoms with Crippen LogP contribution in [0.15, 0.2) is 69.8 Å². The SMILES string of the molecule is Cc1ccc(S(=O)(=O)N2CCCCC2)cc1C(=O)Nc1ccc(Sc2nccn2C)cc1. The van der Waals surface area contributed by atoms with Gasteiger partial charge >= 0.3 is 0 Å². The van der Waals surface area contributed by atoms with Crippen LogP contribution in [-0.2, 0) is 17.1 Å². The molecular formula is C23H26N4O3S2. The summed E-state index contributed by atoms with van der Waals surface area (Å²) in [6.07, 6.45) is 6.42. The Labute approximate surface area is 192 Å². The third-order valence-electron chi connectivity index (χ3n) is 5.50. The Kier molecular flexibility index (Phi) is 6.68. The Morgan fingerprint density at radius 2 is 1.78 bits per heavy atom. The number of aryl methyl sites for hydroxylation is 2. The molecule has 1 amide bonds. The van der Waals surface area contributed by atoms with Crippen LogP contribution in [0.4, 0.5) is 5.69 Å². The van der Waals surface area contributed by atoms with Crippen LogP contribution in [-0.4, -0.2) is 41.3 Å². The van der Waals surface area contributed by atoms with Gasteiger partial charge in [0.2, 0.25) is 10.0 Å². The van der Waals surface area contributed by atoms with Gasteiger partial charge < -0.3 is 9.88 Å². The molecule has 32 heavy (non-hydrogen) atoms. The number of imidazole rings is 1. The van der Waals surface area contributed by atoms with Crippen molar-refractivity contribution in [2.24, 2.45) is 7.05 Å². The van der Waals surface area contributed by atoms with Gasteiger partial charge in [0, 0.05) is 48.7 Å². The summed E-state index contributed by atoms with van der Waals surface area (Å²) >= 11 is 1.53. The summed E-state index contributed by atoms with van der Waals surface area (Å²) in [6.45, 7) is 2.86. The highest BCUT2D eigenvalue weighted by Crippen LogP contribution is 2.27. The largest absolute Gasteiger partial charge is 0.329 e. The van der Waals surface area contributed by atoms with E-state index in [-0.39, 0.29) is 10.8 Å². The number of nitrogens with one attached hydrogen (secondary N) is 1. The molecule has 0 aliphatic carbocycles. The van der Waals surface area contributed by atoms with Crippen molar-refractivity contribution in [3.8, 4) is 0 Å². The van der Waals surface area contributed by atoms with Gasteiger partial charge in [0.1, 0.15) is 0 Å². The molecule has 0 spiro atoms. The van der Waals surface area contributed by atoms with E-state index in [1.165, 1.54) is 22.1 Å². The summed E-state index contributed by atoms with van der Waals surface area (Å²) < 4.78 is 29.5. The number of carbonyl (C=O) groups excluding carboxylic acids is 1. The highest BCUT2D eigenvalue weighted by molar-refractivity contribution is 7.99. The van der Waals surface area contributed by atoms with Gasteiger partial charge in [-0.05, 0) is 61.7 Å². The summed E-state index contributed by atoms with van der Waals surface area (Å²) in [4.78, 5) is 18.4. The van der Waals surface area contributed by atoms with Crippen LogP contribution in [0.3, 0.4) is 0 Å². The Morgan fingerprint density at radius 1 is 1.06 bits per heavy atom. The Hall–Kier alpha value is -2.62. The maximum Gasteiger partial charge on any atom is 0.255 e. The molecule has 9 heteroatoms. The molecule has 4 rings (SSSR count). The number of carbonyl (C=O) groups is 1. The molecule has 1 fully saturated rings. The van der Waals surface area contributed by atoms with E-state index in [0.717, 1.165) is 34.9 Å². The van der Waals surface area contributed by atoms with Crippen molar-refractivity contribution < 1.29 is 13.2 Å². The van der Waals surface area contributed by atoms with Crippen LogP contribution in [0.2, 0.25) is 0 Å². The second kappa shape index (κ2) is 9.48. The molecule has 1 aliphatic heterocycles. The van der Waals surface area contributed by atoms with Crippen LogP contribution in [0, 0.1) is 6.92 Å². The molecule has 0 radical (unpaired) electrons. The van der Waals surface area contributed by atoms with E-state index < -0.39 is 10.0 Å². The van der Waals surface area contributed by atoms with Crippen LogP contribution in [0.1, 0.15) is 35.2 Å². The third kappa shape index (κ3) is 4.90. The smallest absolute Gasteiger partial charge is 0.255 e. The summed E-state index contributed by atoms with van der Waals surface area (Å²) in [5, 5.41) is 3.76. The zero-order valence-corrected chi connectivity index (χ0v) is 19.7. The zero-order chi connectivity index (χ0) is 22.7. The Morgan fingerprint density at radius 3 is 2.44 bits per heavy atom. The van der Waals surface area contributed by atoms with Crippen LogP contribution in [0.5, 0.6) is 0 Å². The number of rotatable bonds is 6. The fourth-order valence-corrected chi connectivity index (χ4v) is 5.97. The van der Waals surface area contributed by atoms with Gasteiger partial charge in [0.05, 0.1) is 4.90 Å². The number of sulfonamides is 1. The van der Waals surface area contributed by atoms with Gasteiger partial charge in [-0.1, -0.05) is 24.2 Å². The number of aromatic nitrogens is 2. The lowest BCUT2D eigenvalue weighted by atomic mass is 10.1. The minimum Gasteiger partial charge on any atom is -0.329 e. The van der Waals surface area contributed by atoms with Crippen molar-refractivity contribution in [3.05, 3.63) is 66.0 Å². The van der Waals surface area contributed by atoms with Crippen molar-refractivity contribution in [2.45, 2.75) is 41.1 Å². The normalized spacial score (nSPS) is 14.9. The highest BCUT2D eigenvalue weighted by Gasteiger charge is 2.27. The molecule has 168 valence electrons. The molecule has 0 unspecified atom stereocenters. The summed E-state index contributed by atoms with van der Waals surface area (Å²) in [5.41, 5.74) is 1.72. The fourth-order valence-electron chi connectivity index (χ4n) is 3.62. The molecule has 7 nitrogen and oxygen atoms in total. The van der Waals surface area contributed by atoms with Gasteiger partial charge in [-0.3, -0.25) is 4.79 Å². The molecule has 1 aliphatic rings. The van der Waals surface area contributed by atoms with Gasteiger partial charge in [-0.2, -0.15) is 4.31 Å². The van der Waals surface area contributed by atoms with Crippen LogP contribution < -0.4 is 5.32 Å². The van der Waals surface area contributed by atoms with E-state index in [9.17, 15) is 13.2 Å². The average molecular weight is 471 g/mol. The van der Waals surface area contributed by atoms with Crippen LogP contribution >= 0.6 is 11.8 Å². The molecule has 2 heterocycles. The number of piperidine rings is 1. The molecule has 0 saturated carbocycles. The third-order valence-corrected chi connectivity index (χ3v) is 8.48. The number of anilines is 1. The first-order valence-electron chi connectivity index (χ1n) is 10.5. The van der Waals surface area contributed by atoms with E-state index >= 15 is 0 Å². The van der Waals surface area contributed by atoms with Crippen molar-refractivity contribution in [2.75, 3.05) is 18.4 Å². The molecule has 0 atom stereocenters. The van der Waals surface area contributed by atoms with Crippen molar-refractivity contribution >= 4 is 33.4 Å². The van der Waals surface area contributed by atoms with Gasteiger partial charge in [0.25, 0.3) is 5.91 Å². The lowest BCUT2D eigenvalue weighted by molar-refractivity contribution is 0.102. The predicted molar refractivity (Wildman–Crippen MR) is 126 cm³/mol. The topological polar surface area (TPSA) is 84.3 Å². The Balaban J connectivity index is 1.49. The number of nitrogens with zero attached hydrogens (tertiary/aromatic N) is 3. The summed E-state index contributed by atoms with van der Waals surface area (Å²) in [7, 11) is -1.66. The molecule has 0 bridgehead atoms. The van der Waals surface area contributed by atoms with E-state index in [1.807, 2.05) is 42.1 Å². The van der Waals surface area contributed by atoms with Gasteiger partial charge in [-0.25, -0.2) is 13.4 Å². The minimum absolute atomic E-state index is 0.164. The standard InChI is InChI=1S/C23H26N4O3S2/c1-17-6-11-20(32(29,30)27-13-4-3-5-14-27)16-21(17)22(28)25-18-7-9-19(10-8-18)31-23-24-12-15-26(23)2/h6-12,15-16H,3-5,13-14H2,1-2H3,(H,25,28). The molecule has 1 N–H and O–H groups in total. The van der Waals surface area contributed by atoms with Gasteiger partial charge in [0.15, 0.2) is 5.16 Å².